The molecule has 0 radical (unpaired) electrons. The zero-order chi connectivity index (χ0) is 29.2. The molecular formula is C32H27BrN4O4. The summed E-state index contributed by atoms with van der Waals surface area (Å²) in [7, 11) is 3.87. The van der Waals surface area contributed by atoms with Crippen molar-refractivity contribution in [3.05, 3.63) is 136 Å². The molecule has 206 valence electrons. The second kappa shape index (κ2) is 13.9. The summed E-state index contributed by atoms with van der Waals surface area (Å²) in [5.41, 5.74) is 5.58. The van der Waals surface area contributed by atoms with E-state index < -0.39 is 17.8 Å². The Morgan fingerprint density at radius 2 is 1.54 bits per heavy atom. The molecule has 0 saturated heterocycles. The second-order valence-corrected chi connectivity index (χ2v) is 9.86. The van der Waals surface area contributed by atoms with Gasteiger partial charge in [0.05, 0.1) is 11.8 Å². The van der Waals surface area contributed by atoms with Gasteiger partial charge in [0.1, 0.15) is 11.4 Å². The number of carbonyl (C=O) groups is 3. The maximum Gasteiger partial charge on any atom is 0.344 e. The van der Waals surface area contributed by atoms with E-state index >= 15 is 0 Å². The highest BCUT2D eigenvalue weighted by Crippen LogP contribution is 2.20. The van der Waals surface area contributed by atoms with Crippen LogP contribution in [-0.4, -0.2) is 38.1 Å². The van der Waals surface area contributed by atoms with Gasteiger partial charge in [0.15, 0.2) is 0 Å². The van der Waals surface area contributed by atoms with Crippen molar-refractivity contribution < 1.29 is 19.1 Å². The van der Waals surface area contributed by atoms with Gasteiger partial charge in [-0.25, -0.2) is 10.2 Å². The lowest BCUT2D eigenvalue weighted by molar-refractivity contribution is -0.117. The summed E-state index contributed by atoms with van der Waals surface area (Å²) in [6.45, 7) is 0. The number of amides is 2. The first-order chi connectivity index (χ1) is 19.8. The minimum Gasteiger partial charge on any atom is -0.423 e. The molecule has 0 aromatic heterocycles. The van der Waals surface area contributed by atoms with Gasteiger partial charge >= 0.3 is 5.97 Å². The Labute approximate surface area is 246 Å². The van der Waals surface area contributed by atoms with Crippen molar-refractivity contribution in [3.63, 3.8) is 0 Å². The van der Waals surface area contributed by atoms with E-state index in [-0.39, 0.29) is 5.70 Å². The van der Waals surface area contributed by atoms with Crippen molar-refractivity contribution in [2.75, 3.05) is 19.0 Å². The predicted octanol–water partition coefficient (Wildman–Crippen LogP) is 5.66. The van der Waals surface area contributed by atoms with Crippen molar-refractivity contribution in [1.29, 1.82) is 0 Å². The zero-order valence-corrected chi connectivity index (χ0v) is 24.0. The highest BCUT2D eigenvalue weighted by atomic mass is 79.9. The van der Waals surface area contributed by atoms with Gasteiger partial charge in [-0.05, 0) is 81.7 Å². The molecule has 4 rings (SSSR count). The summed E-state index contributed by atoms with van der Waals surface area (Å²) in [6.07, 6.45) is 2.99. The first-order valence-electron chi connectivity index (χ1n) is 12.6. The van der Waals surface area contributed by atoms with E-state index in [1.807, 2.05) is 43.3 Å². The van der Waals surface area contributed by atoms with Crippen molar-refractivity contribution in [3.8, 4) is 5.75 Å². The van der Waals surface area contributed by atoms with E-state index in [1.165, 1.54) is 6.21 Å². The van der Waals surface area contributed by atoms with Crippen LogP contribution in [0.1, 0.15) is 31.8 Å². The van der Waals surface area contributed by atoms with Crippen molar-refractivity contribution >= 4 is 51.7 Å². The molecule has 2 amide bonds. The van der Waals surface area contributed by atoms with Gasteiger partial charge in [-0.1, -0.05) is 54.6 Å². The largest absolute Gasteiger partial charge is 0.423 e. The van der Waals surface area contributed by atoms with Crippen LogP contribution in [0.3, 0.4) is 0 Å². The molecule has 0 saturated carbocycles. The summed E-state index contributed by atoms with van der Waals surface area (Å²) in [6, 6.07) is 29.8. The predicted molar refractivity (Wildman–Crippen MR) is 164 cm³/mol. The number of carbonyl (C=O) groups excluding carboxylic acids is 3. The molecule has 8 nitrogen and oxygen atoms in total. The Morgan fingerprint density at radius 1 is 0.829 bits per heavy atom. The molecule has 0 atom stereocenters. The standard InChI is InChI=1S/C32H27BrN4O4/c1-37(2)25-17-15-22(16-18-25)20-29(35-30(38)24-10-4-3-5-11-24)31(39)36-34-21-23-9-8-12-26(19-23)41-32(40)27-13-6-7-14-28(27)33/h3-21H,1-2H3,(H,35,38)(H,36,39). The quantitative estimate of drug-likeness (QED) is 0.0838. The molecular weight excluding hydrogens is 584 g/mol. The normalized spacial score (nSPS) is 11.1. The number of benzene rings is 4. The van der Waals surface area contributed by atoms with Crippen LogP contribution >= 0.6 is 15.9 Å². The molecule has 0 aliphatic rings. The number of rotatable bonds is 9. The minimum absolute atomic E-state index is 0.0183. The van der Waals surface area contributed by atoms with Gasteiger partial charge < -0.3 is 15.0 Å². The van der Waals surface area contributed by atoms with Crippen LogP contribution in [0.5, 0.6) is 5.75 Å². The monoisotopic (exact) mass is 610 g/mol. The zero-order valence-electron chi connectivity index (χ0n) is 22.4. The lowest BCUT2D eigenvalue weighted by Crippen LogP contribution is -2.32. The van der Waals surface area contributed by atoms with Crippen molar-refractivity contribution in [2.45, 2.75) is 0 Å². The van der Waals surface area contributed by atoms with E-state index in [0.717, 1.165) is 11.3 Å². The Hall–Kier alpha value is -5.02. The maximum absolute atomic E-state index is 13.1. The summed E-state index contributed by atoms with van der Waals surface area (Å²) < 4.78 is 6.11. The van der Waals surface area contributed by atoms with E-state index in [1.54, 1.807) is 84.9 Å². The van der Waals surface area contributed by atoms with E-state index in [2.05, 4.69) is 31.8 Å². The number of hydrogen-bond donors (Lipinski definition) is 2. The van der Waals surface area contributed by atoms with Crippen molar-refractivity contribution in [2.24, 2.45) is 5.10 Å². The number of anilines is 1. The maximum atomic E-state index is 13.1. The Balaban J connectivity index is 1.48. The molecule has 4 aromatic carbocycles. The van der Waals surface area contributed by atoms with Crippen LogP contribution in [0, 0.1) is 0 Å². The first-order valence-corrected chi connectivity index (χ1v) is 13.3. The number of nitrogens with zero attached hydrogens (tertiary/aromatic N) is 2. The summed E-state index contributed by atoms with van der Waals surface area (Å²) in [5, 5.41) is 6.73. The van der Waals surface area contributed by atoms with Gasteiger partial charge in [0.25, 0.3) is 11.8 Å². The number of esters is 1. The minimum atomic E-state index is -0.612. The van der Waals surface area contributed by atoms with Gasteiger partial charge in [0.2, 0.25) is 0 Å². The highest BCUT2D eigenvalue weighted by Gasteiger charge is 2.15. The molecule has 41 heavy (non-hydrogen) atoms. The Kier molecular flexibility index (Phi) is 9.80. The van der Waals surface area contributed by atoms with Crippen LogP contribution in [0.4, 0.5) is 5.69 Å². The third-order valence-electron chi connectivity index (χ3n) is 5.79. The molecule has 0 fully saturated rings. The highest BCUT2D eigenvalue weighted by molar-refractivity contribution is 9.10. The van der Waals surface area contributed by atoms with Gasteiger partial charge in [0, 0.05) is 29.8 Å². The van der Waals surface area contributed by atoms with E-state index in [9.17, 15) is 14.4 Å². The summed E-state index contributed by atoms with van der Waals surface area (Å²) >= 11 is 3.35. The fourth-order valence-corrected chi connectivity index (χ4v) is 4.10. The molecule has 0 aliphatic carbocycles. The van der Waals surface area contributed by atoms with Gasteiger partial charge in [-0.3, -0.25) is 9.59 Å². The summed E-state index contributed by atoms with van der Waals surface area (Å²) in [5.74, 6) is -1.24. The first kappa shape index (κ1) is 29.0. The average Bonchev–Trinajstić information content (AvgIpc) is 2.98. The molecule has 4 aromatic rings. The lowest BCUT2D eigenvalue weighted by Gasteiger charge is -2.12. The van der Waals surface area contributed by atoms with Gasteiger partial charge in [-0.2, -0.15) is 5.10 Å². The number of ether oxygens (including phenoxy) is 1. The molecule has 0 unspecified atom stereocenters. The molecule has 0 bridgehead atoms. The number of halogens is 1. The number of nitrogens with one attached hydrogen (secondary N) is 2. The fraction of sp³-hybridized carbons (Fsp3) is 0.0625. The fourth-order valence-electron chi connectivity index (χ4n) is 3.65. The lowest BCUT2D eigenvalue weighted by atomic mass is 10.1. The molecule has 0 aliphatic heterocycles. The third-order valence-corrected chi connectivity index (χ3v) is 6.48. The van der Waals surface area contributed by atoms with E-state index in [0.29, 0.717) is 26.9 Å². The van der Waals surface area contributed by atoms with Crippen LogP contribution in [0.2, 0.25) is 0 Å². The number of hydrazone groups is 1. The Bertz CT molecular complexity index is 1600. The number of hydrogen-bond acceptors (Lipinski definition) is 6. The van der Waals surface area contributed by atoms with Crippen LogP contribution in [0.25, 0.3) is 6.08 Å². The second-order valence-electron chi connectivity index (χ2n) is 9.01. The van der Waals surface area contributed by atoms with Crippen LogP contribution in [-0.2, 0) is 4.79 Å². The average molecular weight is 611 g/mol. The smallest absolute Gasteiger partial charge is 0.344 e. The third kappa shape index (κ3) is 8.23. The van der Waals surface area contributed by atoms with Crippen molar-refractivity contribution in [1.82, 2.24) is 10.7 Å². The van der Waals surface area contributed by atoms with Gasteiger partial charge in [-0.15, -0.1) is 0 Å². The Morgan fingerprint density at radius 3 is 2.24 bits per heavy atom. The SMILES string of the molecule is CN(C)c1ccc(C=C(NC(=O)c2ccccc2)C(=O)NN=Cc2cccc(OC(=O)c3ccccc3Br)c2)cc1. The molecule has 0 spiro atoms. The van der Waals surface area contributed by atoms with Crippen LogP contribution in [0.15, 0.2) is 118 Å². The van der Waals surface area contributed by atoms with Crippen LogP contribution < -0.4 is 20.4 Å². The summed E-state index contributed by atoms with van der Waals surface area (Å²) in [4.78, 5) is 40.4. The van der Waals surface area contributed by atoms with E-state index in [4.69, 9.17) is 4.74 Å². The molecule has 0 heterocycles. The molecule has 9 heteroatoms. The topological polar surface area (TPSA) is 100 Å². The molecule has 2 N–H and O–H groups in total.